The van der Waals surface area contributed by atoms with Gasteiger partial charge in [-0.25, -0.2) is 10.4 Å². The number of hydrogen-bond acceptors (Lipinski definition) is 8. The number of nitrogens with zero attached hydrogens (tertiary/aromatic N) is 3. The molecule has 0 bridgehead atoms. The summed E-state index contributed by atoms with van der Waals surface area (Å²) in [4.78, 5) is 11.4. The van der Waals surface area contributed by atoms with Gasteiger partial charge in [0.05, 0.1) is 58.7 Å². The van der Waals surface area contributed by atoms with Crippen LogP contribution in [0.25, 0.3) is 0 Å². The zero-order valence-electron chi connectivity index (χ0n) is 20.8. The summed E-state index contributed by atoms with van der Waals surface area (Å²) in [6.07, 6.45) is 4.94. The molecule has 0 radical (unpaired) electrons. The molecule has 194 valence electrons. The van der Waals surface area contributed by atoms with Gasteiger partial charge in [0.15, 0.2) is 0 Å². The molecule has 36 heavy (non-hydrogen) atoms. The molecular weight excluding hydrogens is 501 g/mol. The van der Waals surface area contributed by atoms with Crippen LogP contribution in [0.4, 0.5) is 5.82 Å². The number of anilines is 1. The van der Waals surface area contributed by atoms with Gasteiger partial charge in [-0.2, -0.15) is 0 Å². The zero-order chi connectivity index (χ0) is 25.0. The Labute approximate surface area is 222 Å². The monoisotopic (exact) mass is 533 g/mol. The van der Waals surface area contributed by atoms with Gasteiger partial charge >= 0.3 is 0 Å². The van der Waals surface area contributed by atoms with Crippen LogP contribution in [0.3, 0.4) is 0 Å². The zero-order valence-corrected chi connectivity index (χ0v) is 22.4. The van der Waals surface area contributed by atoms with Gasteiger partial charge in [0.2, 0.25) is 0 Å². The topological polar surface area (TPSA) is 80.8 Å². The van der Waals surface area contributed by atoms with Gasteiger partial charge in [-0.05, 0) is 44.2 Å². The smallest absolute Gasteiger partial charge is 0.128 e. The molecule has 0 amide bonds. The Morgan fingerprint density at radius 1 is 1.11 bits per heavy atom. The molecule has 5 heterocycles. The molecule has 2 aromatic rings. The molecule has 1 aliphatic carbocycles. The average Bonchev–Trinajstić information content (AvgIpc) is 3.22. The fourth-order valence-electron chi connectivity index (χ4n) is 6.27. The Bertz CT molecular complexity index is 1110. The number of aryl methyl sites for hydroxylation is 1. The van der Waals surface area contributed by atoms with Crippen molar-refractivity contribution in [2.24, 2.45) is 11.3 Å². The number of methoxy groups -OCH3 is 1. The number of nitrogens with one attached hydrogen (secondary N) is 2. The molecule has 3 aliphatic heterocycles. The predicted molar refractivity (Wildman–Crippen MR) is 138 cm³/mol. The number of fused-ring (bicyclic) bond motifs is 1. The van der Waals surface area contributed by atoms with E-state index in [0.29, 0.717) is 27.4 Å². The van der Waals surface area contributed by atoms with Crippen LogP contribution in [0, 0.1) is 18.3 Å². The standard InChI is InChI=1S/C26H33Cl2N5O3/c1-14-24(28)23(18(27)9-29-14)15(2)36-21-6-17-19(7-20(21)34-3)31-32-25(17)16-4-5-22(30-8-16)33-10-26(11-33)12-35-13-26/h4-5,8-9,15,17,19-21,25,31-32H,6-7,10-13H2,1-3H3/t15-,17?,19?,20?,21?,25?/m1/s1. The Hall–Kier alpha value is -1.52. The van der Waals surface area contributed by atoms with Crippen molar-refractivity contribution < 1.29 is 14.2 Å². The molecule has 1 saturated carbocycles. The Morgan fingerprint density at radius 3 is 2.58 bits per heavy atom. The summed E-state index contributed by atoms with van der Waals surface area (Å²) in [5.74, 6) is 1.38. The van der Waals surface area contributed by atoms with Crippen molar-refractivity contribution in [3.63, 3.8) is 0 Å². The van der Waals surface area contributed by atoms with E-state index >= 15 is 0 Å². The predicted octanol–water partition coefficient (Wildman–Crippen LogP) is 4.02. The van der Waals surface area contributed by atoms with Crippen molar-refractivity contribution in [2.75, 3.05) is 38.3 Å². The number of hydrazine groups is 1. The van der Waals surface area contributed by atoms with Crippen LogP contribution in [0.15, 0.2) is 24.5 Å². The maximum absolute atomic E-state index is 6.59. The molecule has 2 aromatic heterocycles. The van der Waals surface area contributed by atoms with Crippen molar-refractivity contribution >= 4 is 29.0 Å². The lowest BCUT2D eigenvalue weighted by atomic mass is 9.77. The maximum Gasteiger partial charge on any atom is 0.128 e. The number of hydrogen-bond donors (Lipinski definition) is 2. The quantitative estimate of drug-likeness (QED) is 0.576. The number of rotatable bonds is 6. The van der Waals surface area contributed by atoms with Crippen molar-refractivity contribution in [1.82, 2.24) is 20.8 Å². The Kier molecular flexibility index (Phi) is 6.65. The summed E-state index contributed by atoms with van der Waals surface area (Å²) < 4.78 is 17.9. The maximum atomic E-state index is 6.59. The summed E-state index contributed by atoms with van der Waals surface area (Å²) in [6, 6.07) is 4.78. The summed E-state index contributed by atoms with van der Waals surface area (Å²) in [5.41, 5.74) is 10.1. The van der Waals surface area contributed by atoms with Gasteiger partial charge in [-0.15, -0.1) is 0 Å². The molecule has 2 N–H and O–H groups in total. The fourth-order valence-corrected chi connectivity index (χ4v) is 6.92. The Balaban J connectivity index is 1.15. The number of aromatic nitrogens is 2. The first-order valence-electron chi connectivity index (χ1n) is 12.7. The normalized spacial score (nSPS) is 31.6. The highest BCUT2D eigenvalue weighted by Crippen LogP contribution is 2.43. The van der Waals surface area contributed by atoms with E-state index in [4.69, 9.17) is 42.4 Å². The lowest BCUT2D eigenvalue weighted by molar-refractivity contribution is -0.127. The average molecular weight is 534 g/mol. The first-order chi connectivity index (χ1) is 17.4. The second-order valence-electron chi connectivity index (χ2n) is 10.8. The van der Waals surface area contributed by atoms with E-state index in [2.05, 4.69) is 32.9 Å². The number of pyridine rings is 2. The highest BCUT2D eigenvalue weighted by Gasteiger charge is 2.50. The van der Waals surface area contributed by atoms with E-state index in [0.717, 1.165) is 56.2 Å². The Morgan fingerprint density at radius 2 is 1.92 bits per heavy atom. The molecule has 6 atom stereocenters. The lowest BCUT2D eigenvalue weighted by Gasteiger charge is -2.55. The molecule has 1 spiro atoms. The van der Waals surface area contributed by atoms with Crippen molar-refractivity contribution in [3.8, 4) is 0 Å². The van der Waals surface area contributed by atoms with Crippen LogP contribution < -0.4 is 15.8 Å². The minimum Gasteiger partial charge on any atom is -0.380 e. The van der Waals surface area contributed by atoms with E-state index in [9.17, 15) is 0 Å². The highest BCUT2D eigenvalue weighted by molar-refractivity contribution is 6.36. The van der Waals surface area contributed by atoms with Crippen LogP contribution in [0.2, 0.25) is 10.0 Å². The summed E-state index contributed by atoms with van der Waals surface area (Å²) in [6.45, 7) is 7.70. The summed E-state index contributed by atoms with van der Waals surface area (Å²) in [5, 5.41) is 1.08. The van der Waals surface area contributed by atoms with Crippen LogP contribution in [-0.4, -0.2) is 61.6 Å². The van der Waals surface area contributed by atoms with Crippen molar-refractivity contribution in [2.45, 2.75) is 57.1 Å². The fraction of sp³-hybridized carbons (Fsp3) is 0.615. The van der Waals surface area contributed by atoms with E-state index in [-0.39, 0.29) is 24.4 Å². The van der Waals surface area contributed by atoms with Gasteiger partial charge < -0.3 is 19.1 Å². The largest absolute Gasteiger partial charge is 0.380 e. The van der Waals surface area contributed by atoms with E-state index in [1.807, 2.05) is 20.0 Å². The molecule has 3 saturated heterocycles. The molecule has 8 nitrogen and oxygen atoms in total. The molecule has 5 unspecified atom stereocenters. The SMILES string of the molecule is COC1CC2NNC(c3ccc(N4CC5(COC5)C4)nc3)C2CC1O[C@H](C)c1c(Cl)cnc(C)c1Cl. The van der Waals surface area contributed by atoms with Gasteiger partial charge in [0.25, 0.3) is 0 Å². The van der Waals surface area contributed by atoms with Crippen LogP contribution in [0.5, 0.6) is 0 Å². The molecule has 10 heteroatoms. The summed E-state index contributed by atoms with van der Waals surface area (Å²) in [7, 11) is 1.75. The van der Waals surface area contributed by atoms with Crippen LogP contribution in [0.1, 0.15) is 48.7 Å². The third-order valence-electron chi connectivity index (χ3n) is 8.37. The molecular formula is C26H33Cl2N5O3. The van der Waals surface area contributed by atoms with Gasteiger partial charge in [0.1, 0.15) is 5.82 Å². The third kappa shape index (κ3) is 4.30. The molecule has 4 fully saturated rings. The molecule has 4 aliphatic rings. The second-order valence-corrected chi connectivity index (χ2v) is 11.6. The molecule has 0 aromatic carbocycles. The lowest BCUT2D eigenvalue weighted by Crippen LogP contribution is -2.66. The third-order valence-corrected chi connectivity index (χ3v) is 9.15. The van der Waals surface area contributed by atoms with Gasteiger partial charge in [0, 0.05) is 44.2 Å². The van der Waals surface area contributed by atoms with Crippen molar-refractivity contribution in [3.05, 3.63) is 51.4 Å². The first kappa shape index (κ1) is 24.8. The minimum absolute atomic E-state index is 0.0306. The van der Waals surface area contributed by atoms with E-state index in [1.165, 1.54) is 5.56 Å². The summed E-state index contributed by atoms with van der Waals surface area (Å²) >= 11 is 13.0. The van der Waals surface area contributed by atoms with Gasteiger partial charge in [-0.3, -0.25) is 10.4 Å². The van der Waals surface area contributed by atoms with E-state index in [1.54, 1.807) is 13.3 Å². The highest BCUT2D eigenvalue weighted by atomic mass is 35.5. The molecule has 6 rings (SSSR count). The minimum atomic E-state index is -0.284. The second kappa shape index (κ2) is 9.66. The van der Waals surface area contributed by atoms with E-state index < -0.39 is 0 Å². The first-order valence-corrected chi connectivity index (χ1v) is 13.4. The van der Waals surface area contributed by atoms with Crippen LogP contribution >= 0.6 is 23.2 Å². The van der Waals surface area contributed by atoms with Crippen molar-refractivity contribution in [1.29, 1.82) is 0 Å². The number of ether oxygens (including phenoxy) is 3. The van der Waals surface area contributed by atoms with Gasteiger partial charge in [-0.1, -0.05) is 29.3 Å². The number of halogens is 2. The van der Waals surface area contributed by atoms with Crippen LogP contribution in [-0.2, 0) is 14.2 Å².